The van der Waals surface area contributed by atoms with Crippen molar-refractivity contribution in [3.8, 4) is 0 Å². The van der Waals surface area contributed by atoms with Crippen LogP contribution in [0.5, 0.6) is 0 Å². The molecule has 0 amide bonds. The predicted octanol–water partition coefficient (Wildman–Crippen LogP) is 3.57. The predicted molar refractivity (Wildman–Crippen MR) is 66.4 cm³/mol. The Morgan fingerprint density at radius 1 is 1.50 bits per heavy atom. The van der Waals surface area contributed by atoms with Crippen LogP contribution in [0.3, 0.4) is 0 Å². The highest BCUT2D eigenvalue weighted by molar-refractivity contribution is 9.09. The molecule has 0 rings (SSSR count). The number of alkyl halides is 1. The third-order valence-electron chi connectivity index (χ3n) is 2.12. The molecule has 0 N–H and O–H groups in total. The van der Waals surface area contributed by atoms with Gasteiger partial charge in [0.1, 0.15) is 0 Å². The quantitative estimate of drug-likeness (QED) is 0.163. The van der Waals surface area contributed by atoms with Gasteiger partial charge in [-0.05, 0) is 31.7 Å². The standard InChI is InChI=1S/C10H18BrN3O2/c1-2-16-10(15)7-6-9(13-14-12)5-3-4-8-11/h9H,2-8H2,1H3. The fourth-order valence-corrected chi connectivity index (χ4v) is 1.72. The van der Waals surface area contributed by atoms with Crippen LogP contribution in [-0.4, -0.2) is 23.9 Å². The van der Waals surface area contributed by atoms with Crippen LogP contribution < -0.4 is 0 Å². The summed E-state index contributed by atoms with van der Waals surface area (Å²) in [6, 6.07) is -0.0894. The number of nitrogens with zero attached hydrogens (tertiary/aromatic N) is 3. The zero-order chi connectivity index (χ0) is 12.2. The summed E-state index contributed by atoms with van der Waals surface area (Å²) in [6.07, 6.45) is 3.78. The van der Waals surface area contributed by atoms with Gasteiger partial charge in [-0.15, -0.1) is 0 Å². The fourth-order valence-electron chi connectivity index (χ4n) is 1.32. The molecule has 0 fully saturated rings. The summed E-state index contributed by atoms with van der Waals surface area (Å²) in [4.78, 5) is 13.9. The SMILES string of the molecule is CCOC(=O)CCC(CCCCBr)N=[N+]=[N-]. The van der Waals surface area contributed by atoms with Gasteiger partial charge in [0, 0.05) is 22.7 Å². The molecule has 0 spiro atoms. The molecule has 1 atom stereocenters. The molecule has 0 aromatic rings. The van der Waals surface area contributed by atoms with Crippen molar-refractivity contribution in [2.24, 2.45) is 5.11 Å². The molecule has 0 aliphatic heterocycles. The molecule has 92 valence electrons. The Kier molecular flexibility index (Phi) is 10.3. The number of esters is 1. The third kappa shape index (κ3) is 8.56. The van der Waals surface area contributed by atoms with Crippen molar-refractivity contribution in [3.63, 3.8) is 0 Å². The molecule has 6 heteroatoms. The summed E-state index contributed by atoms with van der Waals surface area (Å²) in [5.74, 6) is -0.221. The second kappa shape index (κ2) is 10.8. The number of rotatable bonds is 9. The van der Waals surface area contributed by atoms with E-state index in [1.54, 1.807) is 6.92 Å². The maximum absolute atomic E-state index is 11.1. The van der Waals surface area contributed by atoms with Gasteiger partial charge in [0.05, 0.1) is 6.61 Å². The van der Waals surface area contributed by atoms with Gasteiger partial charge in [0.25, 0.3) is 0 Å². The van der Waals surface area contributed by atoms with Gasteiger partial charge in [-0.2, -0.15) is 0 Å². The van der Waals surface area contributed by atoms with Gasteiger partial charge in [-0.25, -0.2) is 0 Å². The van der Waals surface area contributed by atoms with Crippen molar-refractivity contribution < 1.29 is 9.53 Å². The molecular formula is C10H18BrN3O2. The van der Waals surface area contributed by atoms with E-state index in [-0.39, 0.29) is 12.0 Å². The highest BCUT2D eigenvalue weighted by Crippen LogP contribution is 2.12. The third-order valence-corrected chi connectivity index (χ3v) is 2.68. The molecule has 1 unspecified atom stereocenters. The average Bonchev–Trinajstić information content (AvgIpc) is 2.26. The molecular weight excluding hydrogens is 274 g/mol. The Morgan fingerprint density at radius 3 is 2.81 bits per heavy atom. The van der Waals surface area contributed by atoms with Gasteiger partial charge < -0.3 is 4.74 Å². The Morgan fingerprint density at radius 2 is 2.25 bits per heavy atom. The molecule has 0 saturated heterocycles. The zero-order valence-corrected chi connectivity index (χ0v) is 11.1. The van der Waals surface area contributed by atoms with E-state index in [1.807, 2.05) is 0 Å². The van der Waals surface area contributed by atoms with Crippen LogP contribution >= 0.6 is 15.9 Å². The summed E-state index contributed by atoms with van der Waals surface area (Å²) in [6.45, 7) is 2.17. The highest BCUT2D eigenvalue weighted by atomic mass is 79.9. The first-order chi connectivity index (χ1) is 7.74. The number of hydrogen-bond donors (Lipinski definition) is 0. The number of carbonyl (C=O) groups excluding carboxylic acids is 1. The summed E-state index contributed by atoms with van der Waals surface area (Å²) in [7, 11) is 0. The van der Waals surface area contributed by atoms with Gasteiger partial charge >= 0.3 is 5.97 Å². The lowest BCUT2D eigenvalue weighted by Crippen LogP contribution is -2.10. The Labute approximate surface area is 104 Å². The molecule has 0 aromatic carbocycles. The topological polar surface area (TPSA) is 75.1 Å². The van der Waals surface area contributed by atoms with E-state index in [1.165, 1.54) is 0 Å². The van der Waals surface area contributed by atoms with Crippen LogP contribution in [0.2, 0.25) is 0 Å². The largest absolute Gasteiger partial charge is 0.466 e. The lowest BCUT2D eigenvalue weighted by atomic mass is 10.1. The molecule has 0 aliphatic rings. The van der Waals surface area contributed by atoms with Crippen LogP contribution in [-0.2, 0) is 9.53 Å². The molecule has 5 nitrogen and oxygen atoms in total. The zero-order valence-electron chi connectivity index (χ0n) is 9.56. The van der Waals surface area contributed by atoms with E-state index < -0.39 is 0 Å². The minimum Gasteiger partial charge on any atom is -0.466 e. The van der Waals surface area contributed by atoms with E-state index in [4.69, 9.17) is 10.3 Å². The van der Waals surface area contributed by atoms with Crippen molar-refractivity contribution in [3.05, 3.63) is 10.4 Å². The molecule has 0 heterocycles. The Balaban J connectivity index is 3.84. The summed E-state index contributed by atoms with van der Waals surface area (Å²) >= 11 is 3.34. The normalized spacial score (nSPS) is 11.6. The lowest BCUT2D eigenvalue weighted by Gasteiger charge is -2.09. The monoisotopic (exact) mass is 291 g/mol. The van der Waals surface area contributed by atoms with E-state index >= 15 is 0 Å². The van der Waals surface area contributed by atoms with Crippen molar-refractivity contribution in [2.45, 2.75) is 45.1 Å². The minimum absolute atomic E-state index is 0.0894. The number of azide groups is 1. The Bertz CT molecular complexity index is 242. The lowest BCUT2D eigenvalue weighted by molar-refractivity contribution is -0.143. The van der Waals surface area contributed by atoms with Crippen molar-refractivity contribution >= 4 is 21.9 Å². The molecule has 0 bridgehead atoms. The maximum Gasteiger partial charge on any atom is 0.305 e. The van der Waals surface area contributed by atoms with Gasteiger partial charge in [-0.1, -0.05) is 27.5 Å². The van der Waals surface area contributed by atoms with Crippen LogP contribution in [0.1, 0.15) is 39.0 Å². The first kappa shape index (κ1) is 15.3. The van der Waals surface area contributed by atoms with E-state index in [2.05, 4.69) is 26.0 Å². The average molecular weight is 292 g/mol. The number of halogens is 1. The molecule has 16 heavy (non-hydrogen) atoms. The minimum atomic E-state index is -0.221. The smallest absolute Gasteiger partial charge is 0.305 e. The summed E-state index contributed by atoms with van der Waals surface area (Å²) in [5, 5.41) is 4.64. The van der Waals surface area contributed by atoms with Crippen molar-refractivity contribution in [1.29, 1.82) is 0 Å². The van der Waals surface area contributed by atoms with E-state index in [0.29, 0.717) is 19.4 Å². The van der Waals surface area contributed by atoms with Crippen LogP contribution in [0.4, 0.5) is 0 Å². The highest BCUT2D eigenvalue weighted by Gasteiger charge is 2.09. The molecule has 0 aliphatic carbocycles. The van der Waals surface area contributed by atoms with E-state index in [9.17, 15) is 4.79 Å². The number of ether oxygens (including phenoxy) is 1. The van der Waals surface area contributed by atoms with Gasteiger partial charge in [0.15, 0.2) is 0 Å². The number of hydrogen-bond acceptors (Lipinski definition) is 3. The maximum atomic E-state index is 11.1. The first-order valence-corrected chi connectivity index (χ1v) is 6.62. The molecule has 0 radical (unpaired) electrons. The van der Waals surface area contributed by atoms with Crippen LogP contribution in [0, 0.1) is 0 Å². The summed E-state index contributed by atoms with van der Waals surface area (Å²) < 4.78 is 4.81. The van der Waals surface area contributed by atoms with Crippen LogP contribution in [0.25, 0.3) is 10.4 Å². The Hall–Kier alpha value is -0.740. The van der Waals surface area contributed by atoms with Crippen molar-refractivity contribution in [2.75, 3.05) is 11.9 Å². The fraction of sp³-hybridized carbons (Fsp3) is 0.900. The second-order valence-electron chi connectivity index (χ2n) is 3.39. The van der Waals surface area contributed by atoms with Crippen LogP contribution in [0.15, 0.2) is 5.11 Å². The second-order valence-corrected chi connectivity index (χ2v) is 4.18. The first-order valence-electron chi connectivity index (χ1n) is 5.50. The van der Waals surface area contributed by atoms with Gasteiger partial charge in [-0.3, -0.25) is 4.79 Å². The molecule has 0 saturated carbocycles. The molecule has 0 aromatic heterocycles. The number of carbonyl (C=O) groups is 1. The number of unbranched alkanes of at least 4 members (excludes halogenated alkanes) is 1. The van der Waals surface area contributed by atoms with E-state index in [0.717, 1.165) is 24.6 Å². The van der Waals surface area contributed by atoms with Gasteiger partial charge in [0.2, 0.25) is 0 Å². The van der Waals surface area contributed by atoms with Crippen molar-refractivity contribution in [1.82, 2.24) is 0 Å². The summed E-state index contributed by atoms with van der Waals surface area (Å²) in [5.41, 5.74) is 8.39.